The Labute approximate surface area is 170 Å². The molecule has 1 rings (SSSR count). The van der Waals surface area contributed by atoms with Crippen molar-refractivity contribution in [1.82, 2.24) is 5.32 Å². The lowest BCUT2D eigenvalue weighted by molar-refractivity contribution is -0.754. The summed E-state index contributed by atoms with van der Waals surface area (Å²) in [6.07, 6.45) is 7.51. The van der Waals surface area contributed by atoms with Crippen LogP contribution in [-0.2, 0) is 21.0 Å². The van der Waals surface area contributed by atoms with Gasteiger partial charge >= 0.3 is 5.97 Å². The van der Waals surface area contributed by atoms with Gasteiger partial charge in [0.15, 0.2) is 18.1 Å². The van der Waals surface area contributed by atoms with Crippen LogP contribution < -0.4 is 14.8 Å². The van der Waals surface area contributed by atoms with Crippen molar-refractivity contribution in [2.75, 3.05) is 13.7 Å². The number of allylic oxidation sites excluding steroid dienone is 2. The number of ether oxygens (including phenoxy) is 2. The maximum atomic E-state index is 12.0. The third-order valence-electron chi connectivity index (χ3n) is 3.77. The molecule has 0 aliphatic rings. The summed E-state index contributed by atoms with van der Waals surface area (Å²) in [6, 6.07) is 4.77. The second-order valence-electron chi connectivity index (χ2n) is 6.65. The first kappa shape index (κ1) is 23.9. The number of carbonyl (C=O) groups is 2. The van der Waals surface area contributed by atoms with Crippen LogP contribution in [0.5, 0.6) is 11.5 Å². The van der Waals surface area contributed by atoms with E-state index in [-0.39, 0.29) is 17.4 Å². The maximum Gasteiger partial charge on any atom is 0.337 e. The smallest absolute Gasteiger partial charge is 0.337 e. The highest BCUT2D eigenvalue weighted by Gasteiger charge is 2.13. The summed E-state index contributed by atoms with van der Waals surface area (Å²) in [5.74, 6) is -0.0507. The number of nitrogens with zero attached hydrogens (tertiary/aromatic N) is 1. The zero-order valence-corrected chi connectivity index (χ0v) is 17.0. The molecule has 29 heavy (non-hydrogen) atoms. The van der Waals surface area contributed by atoms with E-state index in [9.17, 15) is 19.7 Å². The van der Waals surface area contributed by atoms with E-state index in [1.807, 2.05) is 0 Å². The van der Waals surface area contributed by atoms with Crippen molar-refractivity contribution in [3.05, 3.63) is 46.0 Å². The van der Waals surface area contributed by atoms with Gasteiger partial charge in [0.05, 0.1) is 7.11 Å². The first-order chi connectivity index (χ1) is 13.8. The van der Waals surface area contributed by atoms with E-state index in [4.69, 9.17) is 9.47 Å². The van der Waals surface area contributed by atoms with E-state index in [1.54, 1.807) is 12.1 Å². The van der Waals surface area contributed by atoms with Gasteiger partial charge in [0.25, 0.3) is 5.09 Å². The average molecular weight is 408 g/mol. The van der Waals surface area contributed by atoms with Gasteiger partial charge < -0.3 is 19.6 Å². The Hall–Kier alpha value is -3.10. The van der Waals surface area contributed by atoms with Crippen LogP contribution in [0.2, 0.25) is 0 Å². The van der Waals surface area contributed by atoms with Crippen LogP contribution in [0.3, 0.4) is 0 Å². The first-order valence-corrected chi connectivity index (χ1v) is 9.40. The van der Waals surface area contributed by atoms with Gasteiger partial charge in [-0.2, -0.15) is 0 Å². The van der Waals surface area contributed by atoms with Gasteiger partial charge in [-0.15, -0.1) is 10.1 Å². The number of hydrogen-bond acceptors (Lipinski definition) is 7. The fraction of sp³-hybridized carbons (Fsp3) is 0.500. The highest BCUT2D eigenvalue weighted by molar-refractivity contribution is 5.76. The van der Waals surface area contributed by atoms with Gasteiger partial charge in [-0.3, -0.25) is 4.79 Å². The molecule has 1 aromatic rings. The Morgan fingerprint density at radius 1 is 1.24 bits per heavy atom. The molecule has 9 heteroatoms. The molecule has 0 aliphatic heterocycles. The molecule has 0 heterocycles. The van der Waals surface area contributed by atoms with Crippen LogP contribution in [0.15, 0.2) is 30.4 Å². The molecule has 0 aromatic heterocycles. The SMILES string of the molecule is COc1cc(CNC(=O)CCCCC=CC(C)C)ccc1OC(=O)CO[N+](=O)[O-]. The van der Waals surface area contributed by atoms with E-state index in [2.05, 4.69) is 36.2 Å². The highest BCUT2D eigenvalue weighted by atomic mass is 17.0. The molecule has 0 atom stereocenters. The molecule has 1 amide bonds. The van der Waals surface area contributed by atoms with Gasteiger partial charge in [-0.05, 0) is 42.9 Å². The Balaban J connectivity index is 2.43. The van der Waals surface area contributed by atoms with E-state index in [1.165, 1.54) is 13.2 Å². The summed E-state index contributed by atoms with van der Waals surface area (Å²) in [5.41, 5.74) is 0.761. The normalized spacial score (nSPS) is 10.8. The van der Waals surface area contributed by atoms with Crippen molar-refractivity contribution in [1.29, 1.82) is 0 Å². The van der Waals surface area contributed by atoms with E-state index >= 15 is 0 Å². The van der Waals surface area contributed by atoms with Gasteiger partial charge in [0.1, 0.15) is 0 Å². The Morgan fingerprint density at radius 2 is 2.00 bits per heavy atom. The minimum atomic E-state index is -1.08. The summed E-state index contributed by atoms with van der Waals surface area (Å²) in [7, 11) is 1.40. The fourth-order valence-corrected chi connectivity index (χ4v) is 2.37. The molecule has 0 fully saturated rings. The summed E-state index contributed by atoms with van der Waals surface area (Å²) in [5, 5.41) is 11.9. The average Bonchev–Trinajstić information content (AvgIpc) is 2.67. The Morgan fingerprint density at radius 3 is 2.66 bits per heavy atom. The third-order valence-corrected chi connectivity index (χ3v) is 3.77. The Kier molecular flexibility index (Phi) is 10.8. The van der Waals surface area contributed by atoms with Crippen LogP contribution in [0.25, 0.3) is 0 Å². The van der Waals surface area contributed by atoms with Crippen LogP contribution in [0, 0.1) is 16.0 Å². The number of hydrogen-bond donors (Lipinski definition) is 1. The molecule has 0 spiro atoms. The molecule has 0 bridgehead atoms. The Bertz CT molecular complexity index is 717. The van der Waals surface area contributed by atoms with Crippen molar-refractivity contribution in [3.8, 4) is 11.5 Å². The summed E-state index contributed by atoms with van der Waals surface area (Å²) in [4.78, 5) is 37.5. The van der Waals surface area contributed by atoms with E-state index in [0.717, 1.165) is 24.8 Å². The van der Waals surface area contributed by atoms with Gasteiger partial charge in [0, 0.05) is 13.0 Å². The van der Waals surface area contributed by atoms with E-state index < -0.39 is 17.7 Å². The molecular weight excluding hydrogens is 380 g/mol. The van der Waals surface area contributed by atoms with E-state index in [0.29, 0.717) is 18.9 Å². The van der Waals surface area contributed by atoms with Crippen molar-refractivity contribution < 1.29 is 29.0 Å². The molecule has 160 valence electrons. The van der Waals surface area contributed by atoms with Crippen molar-refractivity contribution >= 4 is 11.9 Å². The second kappa shape index (κ2) is 13.1. The minimum absolute atomic E-state index is 0.0377. The number of carbonyl (C=O) groups excluding carboxylic acids is 2. The van der Waals surface area contributed by atoms with Crippen molar-refractivity contribution in [3.63, 3.8) is 0 Å². The van der Waals surface area contributed by atoms with Crippen LogP contribution in [0.1, 0.15) is 45.1 Å². The topological polar surface area (TPSA) is 117 Å². The summed E-state index contributed by atoms with van der Waals surface area (Å²) < 4.78 is 10.1. The van der Waals surface area contributed by atoms with Gasteiger partial charge in [0.2, 0.25) is 5.91 Å². The summed E-state index contributed by atoms with van der Waals surface area (Å²) >= 11 is 0. The van der Waals surface area contributed by atoms with Crippen LogP contribution >= 0.6 is 0 Å². The van der Waals surface area contributed by atoms with Crippen LogP contribution in [0.4, 0.5) is 0 Å². The van der Waals surface area contributed by atoms with Gasteiger partial charge in [-0.25, -0.2) is 4.79 Å². The molecule has 0 saturated heterocycles. The monoisotopic (exact) mass is 408 g/mol. The number of nitrogens with one attached hydrogen (secondary N) is 1. The predicted molar refractivity (Wildman–Crippen MR) is 106 cm³/mol. The number of amides is 1. The third kappa shape index (κ3) is 10.7. The predicted octanol–water partition coefficient (Wildman–Crippen LogP) is 3.20. The summed E-state index contributed by atoms with van der Waals surface area (Å²) in [6.45, 7) is 3.74. The standard InChI is InChI=1S/C20H28N2O7/c1-15(2)8-6-4-5-7-9-19(23)21-13-16-10-11-17(18(12-16)27-3)29-20(24)14-28-22(25)26/h6,8,10-12,15H,4-5,7,9,13-14H2,1-3H3,(H,21,23). The number of benzene rings is 1. The lowest BCUT2D eigenvalue weighted by Gasteiger charge is -2.11. The zero-order valence-electron chi connectivity index (χ0n) is 17.0. The lowest BCUT2D eigenvalue weighted by Crippen LogP contribution is -2.22. The minimum Gasteiger partial charge on any atom is -0.493 e. The van der Waals surface area contributed by atoms with Crippen LogP contribution in [-0.4, -0.2) is 30.7 Å². The highest BCUT2D eigenvalue weighted by Crippen LogP contribution is 2.28. The largest absolute Gasteiger partial charge is 0.493 e. The van der Waals surface area contributed by atoms with Crippen molar-refractivity contribution in [2.24, 2.45) is 5.92 Å². The fourth-order valence-electron chi connectivity index (χ4n) is 2.37. The molecule has 1 aromatic carbocycles. The molecule has 0 unspecified atom stereocenters. The number of esters is 1. The first-order valence-electron chi connectivity index (χ1n) is 9.40. The maximum absolute atomic E-state index is 12.0. The number of unbranched alkanes of at least 4 members (excludes halogenated alkanes) is 2. The molecule has 0 aliphatic carbocycles. The second-order valence-corrected chi connectivity index (χ2v) is 6.65. The number of rotatable bonds is 13. The molecular formula is C20H28N2O7. The molecule has 0 radical (unpaired) electrons. The zero-order chi connectivity index (χ0) is 21.6. The molecule has 9 nitrogen and oxygen atoms in total. The lowest BCUT2D eigenvalue weighted by atomic mass is 10.1. The molecule has 1 N–H and O–H groups in total. The van der Waals surface area contributed by atoms with Crippen molar-refractivity contribution in [2.45, 2.75) is 46.1 Å². The quantitative estimate of drug-likeness (QED) is 0.133. The number of methoxy groups -OCH3 is 1. The molecule has 0 saturated carbocycles. The van der Waals surface area contributed by atoms with Gasteiger partial charge in [-0.1, -0.05) is 32.1 Å².